The van der Waals surface area contributed by atoms with Gasteiger partial charge < -0.3 is 28.4 Å². The van der Waals surface area contributed by atoms with Crippen molar-refractivity contribution >= 4 is 24.3 Å². The van der Waals surface area contributed by atoms with Gasteiger partial charge in [0.15, 0.2) is 23.0 Å². The van der Waals surface area contributed by atoms with Crippen LogP contribution in [0.2, 0.25) is 0 Å². The summed E-state index contributed by atoms with van der Waals surface area (Å²) in [6, 6.07) is 15.6. The molecule has 1 atom stereocenters. The molecule has 3 rings (SSSR count). The Kier molecular flexibility index (Phi) is 11.3. The van der Waals surface area contributed by atoms with E-state index in [2.05, 4.69) is 0 Å². The van der Waals surface area contributed by atoms with Gasteiger partial charge >= 0.3 is 0 Å². The summed E-state index contributed by atoms with van der Waals surface area (Å²) < 4.78 is 34.2. The zero-order valence-corrected chi connectivity index (χ0v) is 25.5. The van der Waals surface area contributed by atoms with Gasteiger partial charge in [0.05, 0.1) is 33.5 Å². The number of hydrogen-bond donors (Lipinski definition) is 3. The molecule has 9 nitrogen and oxygen atoms in total. The molecule has 0 radical (unpaired) electrons. The SMILES string of the molecule is CCC(C)Oc1c(OC)cc(/C=C/c2ccc(/C=C/c3cc(OC)c(OC(C)C)c(OC)c3)cc2)cc1OC(N)(N)N. The maximum absolute atomic E-state index is 6.03. The third-order valence-electron chi connectivity index (χ3n) is 6.15. The summed E-state index contributed by atoms with van der Waals surface area (Å²) in [7, 11) is 4.79. The Morgan fingerprint density at radius 3 is 1.36 bits per heavy atom. The van der Waals surface area contributed by atoms with Crippen molar-refractivity contribution in [1.29, 1.82) is 0 Å². The van der Waals surface area contributed by atoms with Crippen LogP contribution in [0.1, 0.15) is 56.4 Å². The Balaban J connectivity index is 1.82. The lowest BCUT2D eigenvalue weighted by Crippen LogP contribution is -2.62. The summed E-state index contributed by atoms with van der Waals surface area (Å²) in [5.41, 5.74) is 20.9. The number of nitrogens with two attached hydrogens (primary N) is 3. The van der Waals surface area contributed by atoms with Crippen LogP contribution in [-0.2, 0) is 0 Å². The van der Waals surface area contributed by atoms with E-state index >= 15 is 0 Å². The summed E-state index contributed by atoms with van der Waals surface area (Å²) in [6.07, 6.45) is 8.62. The van der Waals surface area contributed by atoms with Crippen molar-refractivity contribution in [1.82, 2.24) is 0 Å². The van der Waals surface area contributed by atoms with Crippen molar-refractivity contribution < 1.29 is 28.4 Å². The fourth-order valence-electron chi connectivity index (χ4n) is 3.96. The van der Waals surface area contributed by atoms with Crippen molar-refractivity contribution in [2.45, 2.75) is 52.3 Å². The molecular weight excluding hydrogens is 534 g/mol. The number of ether oxygens (including phenoxy) is 6. The van der Waals surface area contributed by atoms with Gasteiger partial charge in [-0.05, 0) is 73.7 Å². The molecule has 0 aliphatic rings. The number of benzene rings is 3. The Bertz CT molecular complexity index is 1350. The first-order valence-electron chi connectivity index (χ1n) is 13.8. The van der Waals surface area contributed by atoms with Gasteiger partial charge in [-0.2, -0.15) is 0 Å². The molecule has 0 saturated carbocycles. The van der Waals surface area contributed by atoms with E-state index in [0.717, 1.165) is 28.7 Å². The molecule has 1 unspecified atom stereocenters. The summed E-state index contributed by atoms with van der Waals surface area (Å²) in [5.74, 6) is 1.10. The van der Waals surface area contributed by atoms with Crippen molar-refractivity contribution in [2.24, 2.45) is 17.2 Å². The lowest BCUT2D eigenvalue weighted by Gasteiger charge is -2.25. The minimum atomic E-state index is -1.88. The molecule has 9 heteroatoms. The summed E-state index contributed by atoms with van der Waals surface area (Å²) >= 11 is 0. The zero-order chi connectivity index (χ0) is 30.9. The third kappa shape index (κ3) is 9.17. The highest BCUT2D eigenvalue weighted by molar-refractivity contribution is 5.75. The predicted molar refractivity (Wildman–Crippen MR) is 169 cm³/mol. The van der Waals surface area contributed by atoms with E-state index < -0.39 is 5.97 Å². The van der Waals surface area contributed by atoms with Gasteiger partial charge in [0, 0.05) is 0 Å². The van der Waals surface area contributed by atoms with Gasteiger partial charge in [0.25, 0.3) is 5.97 Å². The van der Waals surface area contributed by atoms with Gasteiger partial charge in [-0.15, -0.1) is 0 Å². The van der Waals surface area contributed by atoms with Crippen molar-refractivity contribution in [3.05, 3.63) is 70.8 Å². The molecule has 0 bridgehead atoms. The lowest BCUT2D eigenvalue weighted by atomic mass is 10.1. The van der Waals surface area contributed by atoms with Crippen LogP contribution in [0.4, 0.5) is 0 Å². The molecule has 42 heavy (non-hydrogen) atoms. The Morgan fingerprint density at radius 1 is 0.619 bits per heavy atom. The number of methoxy groups -OCH3 is 3. The molecule has 0 heterocycles. The van der Waals surface area contributed by atoms with E-state index in [4.69, 9.17) is 45.6 Å². The first kappa shape index (κ1) is 32.3. The average molecular weight is 578 g/mol. The molecule has 0 amide bonds. The summed E-state index contributed by atoms with van der Waals surface area (Å²) in [6.45, 7) is 7.88. The second kappa shape index (κ2) is 14.6. The minimum absolute atomic E-state index is 0.00977. The molecule has 0 aliphatic carbocycles. The Labute approximate surface area is 248 Å². The molecule has 0 spiro atoms. The highest BCUT2D eigenvalue weighted by atomic mass is 16.6. The smallest absolute Gasteiger partial charge is 0.271 e. The topological polar surface area (TPSA) is 133 Å². The highest BCUT2D eigenvalue weighted by Crippen LogP contribution is 2.41. The van der Waals surface area contributed by atoms with Crippen LogP contribution in [-0.4, -0.2) is 39.5 Å². The first-order valence-corrected chi connectivity index (χ1v) is 13.8. The van der Waals surface area contributed by atoms with Crippen LogP contribution in [0.15, 0.2) is 48.5 Å². The summed E-state index contributed by atoms with van der Waals surface area (Å²) in [4.78, 5) is 0. The highest BCUT2D eigenvalue weighted by Gasteiger charge is 2.22. The van der Waals surface area contributed by atoms with Gasteiger partial charge in [-0.3, -0.25) is 17.2 Å². The maximum Gasteiger partial charge on any atom is 0.271 e. The van der Waals surface area contributed by atoms with E-state index in [0.29, 0.717) is 34.5 Å². The molecule has 0 saturated heterocycles. The second-order valence-corrected chi connectivity index (χ2v) is 10.1. The molecule has 226 valence electrons. The number of hydrogen-bond acceptors (Lipinski definition) is 9. The summed E-state index contributed by atoms with van der Waals surface area (Å²) in [5, 5.41) is 0. The standard InChI is InChI=1S/C33H43N3O6/c1-8-22(4)41-32-29(39-7)19-26(20-30(32)42-33(34,35)36)16-14-24-11-9-23(10-12-24)13-15-25-17-27(37-5)31(40-21(2)3)28(18-25)38-6/h9-22H,8,34-36H2,1-7H3/b15-13+,16-14+. The molecule has 0 fully saturated rings. The molecular formula is C33H43N3O6. The van der Waals surface area contributed by atoms with Crippen molar-refractivity contribution in [2.75, 3.05) is 21.3 Å². The normalized spacial score (nSPS) is 12.5. The molecule has 3 aromatic rings. The first-order chi connectivity index (χ1) is 20.0. The van der Waals surface area contributed by atoms with E-state index in [1.165, 1.54) is 0 Å². The average Bonchev–Trinajstić information content (AvgIpc) is 2.95. The van der Waals surface area contributed by atoms with Crippen molar-refractivity contribution in [3.8, 4) is 34.5 Å². The second-order valence-electron chi connectivity index (χ2n) is 10.1. The van der Waals surface area contributed by atoms with Crippen molar-refractivity contribution in [3.63, 3.8) is 0 Å². The fourth-order valence-corrected chi connectivity index (χ4v) is 3.96. The van der Waals surface area contributed by atoms with Gasteiger partial charge in [0.1, 0.15) is 0 Å². The van der Waals surface area contributed by atoms with E-state index in [1.54, 1.807) is 27.4 Å². The quantitative estimate of drug-likeness (QED) is 0.159. The van der Waals surface area contributed by atoms with Gasteiger partial charge in [0.2, 0.25) is 11.5 Å². The fraction of sp³-hybridized carbons (Fsp3) is 0.333. The van der Waals surface area contributed by atoms with Crippen LogP contribution in [0.5, 0.6) is 34.5 Å². The Hall–Kier alpha value is -4.18. The monoisotopic (exact) mass is 577 g/mol. The molecule has 0 aliphatic heterocycles. The molecule has 6 N–H and O–H groups in total. The minimum Gasteiger partial charge on any atom is -0.493 e. The van der Waals surface area contributed by atoms with Gasteiger partial charge in [-0.1, -0.05) is 55.5 Å². The van der Waals surface area contributed by atoms with Crippen LogP contribution in [0.25, 0.3) is 24.3 Å². The van der Waals surface area contributed by atoms with E-state index in [1.807, 2.05) is 94.5 Å². The van der Waals surface area contributed by atoms with E-state index in [9.17, 15) is 0 Å². The third-order valence-corrected chi connectivity index (χ3v) is 6.15. The molecule has 3 aromatic carbocycles. The van der Waals surface area contributed by atoms with Crippen LogP contribution < -0.4 is 45.6 Å². The number of rotatable bonds is 14. The predicted octanol–water partition coefficient (Wildman–Crippen LogP) is 5.88. The van der Waals surface area contributed by atoms with Crippen LogP contribution in [0.3, 0.4) is 0 Å². The van der Waals surface area contributed by atoms with Gasteiger partial charge in [-0.25, -0.2) is 0 Å². The van der Waals surface area contributed by atoms with Crippen LogP contribution in [0, 0.1) is 0 Å². The largest absolute Gasteiger partial charge is 0.493 e. The molecule has 0 aromatic heterocycles. The lowest BCUT2D eigenvalue weighted by molar-refractivity contribution is 0.0806. The Morgan fingerprint density at radius 2 is 1.00 bits per heavy atom. The maximum atomic E-state index is 6.03. The van der Waals surface area contributed by atoms with E-state index in [-0.39, 0.29) is 12.2 Å². The van der Waals surface area contributed by atoms with Crippen LogP contribution >= 0.6 is 0 Å². The zero-order valence-electron chi connectivity index (χ0n) is 25.5.